The SMILES string of the molecule is COc1c(C)cc(C(=O)c2cc([N+](=O)[O-])ccc2Cl)c(C[N+](=O)[O-])c1Br. The van der Waals surface area contributed by atoms with Gasteiger partial charge in [0.25, 0.3) is 5.69 Å². The summed E-state index contributed by atoms with van der Waals surface area (Å²) in [7, 11) is 1.40. The molecule has 2 rings (SSSR count). The fourth-order valence-electron chi connectivity index (χ4n) is 2.48. The second-order valence-electron chi connectivity index (χ2n) is 5.31. The van der Waals surface area contributed by atoms with E-state index in [0.29, 0.717) is 11.3 Å². The summed E-state index contributed by atoms with van der Waals surface area (Å²) in [6.45, 7) is 1.04. The fourth-order valence-corrected chi connectivity index (χ4v) is 3.50. The molecular formula is C16H12BrClN2O6. The molecule has 0 aromatic heterocycles. The quantitative estimate of drug-likeness (QED) is 0.373. The number of hydrogen-bond acceptors (Lipinski definition) is 6. The van der Waals surface area contributed by atoms with E-state index in [1.54, 1.807) is 6.92 Å². The molecule has 0 fully saturated rings. The van der Waals surface area contributed by atoms with Gasteiger partial charge in [0, 0.05) is 28.2 Å². The Balaban J connectivity index is 2.71. The molecule has 10 heteroatoms. The van der Waals surface area contributed by atoms with Gasteiger partial charge in [-0.05, 0) is 40.5 Å². The van der Waals surface area contributed by atoms with Crippen LogP contribution in [0, 0.1) is 27.2 Å². The van der Waals surface area contributed by atoms with E-state index in [0.717, 1.165) is 6.07 Å². The predicted molar refractivity (Wildman–Crippen MR) is 97.7 cm³/mol. The highest BCUT2D eigenvalue weighted by Crippen LogP contribution is 2.37. The molecular weight excluding hydrogens is 432 g/mol. The Bertz CT molecular complexity index is 931. The van der Waals surface area contributed by atoms with Gasteiger partial charge in [0.2, 0.25) is 6.54 Å². The lowest BCUT2D eigenvalue weighted by atomic mass is 9.95. The van der Waals surface area contributed by atoms with Crippen LogP contribution in [0.2, 0.25) is 5.02 Å². The molecule has 0 heterocycles. The van der Waals surface area contributed by atoms with Gasteiger partial charge in [-0.2, -0.15) is 0 Å². The number of nitrogens with zero attached hydrogens (tertiary/aromatic N) is 2. The number of nitro benzene ring substituents is 1. The molecule has 0 atom stereocenters. The number of hydrogen-bond donors (Lipinski definition) is 0. The molecule has 0 amide bonds. The summed E-state index contributed by atoms with van der Waals surface area (Å²) >= 11 is 9.27. The summed E-state index contributed by atoms with van der Waals surface area (Å²) in [5.74, 6) is -0.287. The van der Waals surface area contributed by atoms with Crippen molar-refractivity contribution in [3.05, 3.63) is 76.2 Å². The molecule has 0 aliphatic carbocycles. The number of carbonyl (C=O) groups excluding carboxylic acids is 1. The molecule has 0 saturated heterocycles. The minimum atomic E-state index is -0.653. The Morgan fingerprint density at radius 1 is 1.23 bits per heavy atom. The standard InChI is InChI=1S/C16H12BrClN2O6/c1-8-5-10(12(7-19(22)23)14(17)16(8)26-2)15(21)11-6-9(20(24)25)3-4-13(11)18/h3-6H,7H2,1-2H3. The topological polar surface area (TPSA) is 113 Å². The van der Waals surface area contributed by atoms with Crippen molar-refractivity contribution in [1.82, 2.24) is 0 Å². The molecule has 0 aliphatic heterocycles. The zero-order valence-corrected chi connectivity index (χ0v) is 16.0. The summed E-state index contributed by atoms with van der Waals surface area (Å²) < 4.78 is 5.50. The first-order valence-electron chi connectivity index (χ1n) is 7.13. The Kier molecular flexibility index (Phi) is 5.94. The van der Waals surface area contributed by atoms with Crippen LogP contribution in [0.3, 0.4) is 0 Å². The Morgan fingerprint density at radius 2 is 1.88 bits per heavy atom. The smallest absolute Gasteiger partial charge is 0.270 e. The maximum absolute atomic E-state index is 13.0. The summed E-state index contributed by atoms with van der Waals surface area (Å²) in [4.78, 5) is 33.7. The summed E-state index contributed by atoms with van der Waals surface area (Å²) in [6.07, 6.45) is 0. The lowest BCUT2D eigenvalue weighted by molar-refractivity contribution is -0.497. The number of carbonyl (C=O) groups is 1. The van der Waals surface area contributed by atoms with E-state index in [1.807, 2.05) is 0 Å². The number of nitro groups is 2. The van der Waals surface area contributed by atoms with Crippen molar-refractivity contribution in [2.24, 2.45) is 0 Å². The molecule has 26 heavy (non-hydrogen) atoms. The lowest BCUT2D eigenvalue weighted by Crippen LogP contribution is -2.12. The number of non-ortho nitro benzene ring substituents is 1. The van der Waals surface area contributed by atoms with Gasteiger partial charge >= 0.3 is 0 Å². The monoisotopic (exact) mass is 442 g/mol. The van der Waals surface area contributed by atoms with E-state index in [9.17, 15) is 25.0 Å². The number of ether oxygens (including phenoxy) is 1. The second kappa shape index (κ2) is 7.79. The van der Waals surface area contributed by atoms with Crippen LogP contribution in [0.5, 0.6) is 5.75 Å². The molecule has 0 radical (unpaired) electrons. The Labute approximate surface area is 161 Å². The zero-order chi connectivity index (χ0) is 19.6. The van der Waals surface area contributed by atoms with Gasteiger partial charge in [-0.1, -0.05) is 11.6 Å². The van der Waals surface area contributed by atoms with Gasteiger partial charge in [-0.15, -0.1) is 0 Å². The third-order valence-corrected chi connectivity index (χ3v) is 4.82. The minimum Gasteiger partial charge on any atom is -0.495 e. The minimum absolute atomic E-state index is 0.0113. The first-order chi connectivity index (χ1) is 12.2. The highest BCUT2D eigenvalue weighted by molar-refractivity contribution is 9.10. The third kappa shape index (κ3) is 3.83. The van der Waals surface area contributed by atoms with Crippen molar-refractivity contribution in [2.75, 3.05) is 7.11 Å². The van der Waals surface area contributed by atoms with Gasteiger partial charge in [0.05, 0.1) is 27.1 Å². The van der Waals surface area contributed by atoms with Crippen molar-refractivity contribution >= 4 is 39.0 Å². The van der Waals surface area contributed by atoms with Gasteiger partial charge in [0.1, 0.15) is 5.75 Å². The van der Waals surface area contributed by atoms with Crippen LogP contribution in [0.15, 0.2) is 28.7 Å². The summed E-state index contributed by atoms with van der Waals surface area (Å²) in [5, 5.41) is 22.0. The lowest BCUT2D eigenvalue weighted by Gasteiger charge is -2.15. The Morgan fingerprint density at radius 3 is 2.42 bits per heavy atom. The second-order valence-corrected chi connectivity index (χ2v) is 6.51. The van der Waals surface area contributed by atoms with Crippen molar-refractivity contribution < 1.29 is 19.4 Å². The molecule has 0 bridgehead atoms. The molecule has 0 unspecified atom stereocenters. The summed E-state index contributed by atoms with van der Waals surface area (Å²) in [5.41, 5.74) is 0.274. The van der Waals surface area contributed by atoms with Crippen LogP contribution in [0.25, 0.3) is 0 Å². The molecule has 8 nitrogen and oxygen atoms in total. The van der Waals surface area contributed by atoms with Crippen LogP contribution < -0.4 is 4.74 Å². The predicted octanol–water partition coefficient (Wildman–Crippen LogP) is 4.34. The van der Waals surface area contributed by atoms with E-state index < -0.39 is 22.2 Å². The van der Waals surface area contributed by atoms with Crippen LogP contribution in [0.4, 0.5) is 5.69 Å². The van der Waals surface area contributed by atoms with Crippen molar-refractivity contribution in [3.63, 3.8) is 0 Å². The van der Waals surface area contributed by atoms with E-state index in [4.69, 9.17) is 16.3 Å². The van der Waals surface area contributed by atoms with Crippen LogP contribution in [0.1, 0.15) is 27.0 Å². The first kappa shape index (κ1) is 19.8. The van der Waals surface area contributed by atoms with Crippen molar-refractivity contribution in [1.29, 1.82) is 0 Å². The van der Waals surface area contributed by atoms with E-state index in [1.165, 1.54) is 25.3 Å². The average molecular weight is 444 g/mol. The van der Waals surface area contributed by atoms with Gasteiger partial charge in [-0.3, -0.25) is 25.0 Å². The Hall–Kier alpha value is -2.52. The van der Waals surface area contributed by atoms with Gasteiger partial charge in [0.15, 0.2) is 5.78 Å². The first-order valence-corrected chi connectivity index (χ1v) is 8.30. The van der Waals surface area contributed by atoms with Crippen molar-refractivity contribution in [2.45, 2.75) is 13.5 Å². The van der Waals surface area contributed by atoms with E-state index >= 15 is 0 Å². The fraction of sp³-hybridized carbons (Fsp3) is 0.188. The maximum Gasteiger partial charge on any atom is 0.270 e. The highest BCUT2D eigenvalue weighted by Gasteiger charge is 2.26. The molecule has 0 saturated carbocycles. The number of rotatable bonds is 6. The summed E-state index contributed by atoms with van der Waals surface area (Å²) in [6, 6.07) is 4.91. The molecule has 2 aromatic carbocycles. The maximum atomic E-state index is 13.0. The normalized spacial score (nSPS) is 10.5. The van der Waals surface area contributed by atoms with Crippen molar-refractivity contribution in [3.8, 4) is 5.75 Å². The zero-order valence-electron chi connectivity index (χ0n) is 13.6. The van der Waals surface area contributed by atoms with Gasteiger partial charge < -0.3 is 4.74 Å². The van der Waals surface area contributed by atoms with Crippen LogP contribution in [-0.4, -0.2) is 22.7 Å². The molecule has 136 valence electrons. The van der Waals surface area contributed by atoms with Crippen LogP contribution in [-0.2, 0) is 6.54 Å². The number of ketones is 1. The van der Waals surface area contributed by atoms with E-state index in [-0.39, 0.29) is 31.9 Å². The number of aryl methyl sites for hydroxylation is 1. The van der Waals surface area contributed by atoms with Crippen LogP contribution >= 0.6 is 27.5 Å². The molecule has 0 aliphatic rings. The van der Waals surface area contributed by atoms with E-state index in [2.05, 4.69) is 15.9 Å². The molecule has 0 spiro atoms. The third-order valence-electron chi connectivity index (χ3n) is 3.65. The largest absolute Gasteiger partial charge is 0.495 e. The number of benzene rings is 2. The molecule has 2 aromatic rings. The van der Waals surface area contributed by atoms with Gasteiger partial charge in [-0.25, -0.2) is 0 Å². The number of halogens is 2. The average Bonchev–Trinajstić information content (AvgIpc) is 2.57. The highest BCUT2D eigenvalue weighted by atomic mass is 79.9. The molecule has 0 N–H and O–H groups in total. The number of methoxy groups -OCH3 is 1.